The van der Waals surface area contributed by atoms with Crippen LogP contribution in [0.3, 0.4) is 0 Å². The minimum atomic E-state index is -0.125. The molecule has 34 heavy (non-hydrogen) atoms. The van der Waals surface area contributed by atoms with E-state index in [1.54, 1.807) is 16.0 Å². The Balaban J connectivity index is 1.74. The fourth-order valence-corrected chi connectivity index (χ4v) is 5.24. The fourth-order valence-electron chi connectivity index (χ4n) is 4.25. The van der Waals surface area contributed by atoms with E-state index < -0.39 is 0 Å². The van der Waals surface area contributed by atoms with Gasteiger partial charge in [0.15, 0.2) is 10.5 Å². The van der Waals surface area contributed by atoms with E-state index >= 15 is 0 Å². The summed E-state index contributed by atoms with van der Waals surface area (Å²) in [4.78, 5) is 19.2. The van der Waals surface area contributed by atoms with Crippen LogP contribution in [0.25, 0.3) is 16.9 Å². The molecule has 3 aromatic carbocycles. The second kappa shape index (κ2) is 9.15. The van der Waals surface area contributed by atoms with E-state index in [9.17, 15) is 4.79 Å². The lowest BCUT2D eigenvalue weighted by Crippen LogP contribution is -2.22. The first-order chi connectivity index (χ1) is 16.6. The number of para-hydroxylation sites is 1. The molecule has 0 N–H and O–H groups in total. The van der Waals surface area contributed by atoms with Gasteiger partial charge >= 0.3 is 0 Å². The Bertz CT molecular complexity index is 1540. The summed E-state index contributed by atoms with van der Waals surface area (Å²) in [5, 5.41) is 2.13. The van der Waals surface area contributed by atoms with Gasteiger partial charge in [-0.05, 0) is 37.1 Å². The summed E-state index contributed by atoms with van der Waals surface area (Å²) in [7, 11) is 1.90. The number of rotatable bonds is 5. The van der Waals surface area contributed by atoms with Crippen LogP contribution < -0.4 is 10.4 Å². The lowest BCUT2D eigenvalue weighted by atomic mass is 10.1. The molecule has 170 valence electrons. The summed E-state index contributed by atoms with van der Waals surface area (Å²) in [6.45, 7) is 4.12. The Morgan fingerprint density at radius 3 is 2.09 bits per heavy atom. The number of nitrogens with zero attached hydrogens (tertiary/aromatic N) is 4. The van der Waals surface area contributed by atoms with Crippen molar-refractivity contribution in [1.29, 1.82) is 0 Å². The molecule has 0 aliphatic carbocycles. The van der Waals surface area contributed by atoms with Gasteiger partial charge in [-0.25, -0.2) is 9.67 Å². The molecule has 2 aromatic heterocycles. The molecule has 0 saturated heterocycles. The SMILES string of the molecule is Cc1c(N=c2scc(-c3ccccc3)n2C(C)c2ccccc2)c(=O)n(-c2ccccc2)n1C. The van der Waals surface area contributed by atoms with Gasteiger partial charge in [0, 0.05) is 12.4 Å². The molecule has 2 heterocycles. The van der Waals surface area contributed by atoms with Gasteiger partial charge in [-0.3, -0.25) is 9.48 Å². The monoisotopic (exact) mass is 466 g/mol. The zero-order valence-corrected chi connectivity index (χ0v) is 20.2. The van der Waals surface area contributed by atoms with Gasteiger partial charge in [-0.2, -0.15) is 0 Å². The van der Waals surface area contributed by atoms with Crippen LogP contribution in [0.5, 0.6) is 0 Å². The van der Waals surface area contributed by atoms with Gasteiger partial charge in [0.05, 0.1) is 23.1 Å². The Kier molecular flexibility index (Phi) is 5.90. The summed E-state index contributed by atoms with van der Waals surface area (Å²) < 4.78 is 5.77. The third-order valence-corrected chi connectivity index (χ3v) is 7.05. The highest BCUT2D eigenvalue weighted by Crippen LogP contribution is 2.27. The second-order valence-electron chi connectivity index (χ2n) is 8.25. The maximum atomic E-state index is 13.5. The van der Waals surface area contributed by atoms with E-state index in [1.807, 2.05) is 73.3 Å². The molecule has 5 rings (SSSR count). The molecule has 0 bridgehead atoms. The minimum absolute atomic E-state index is 0.0433. The van der Waals surface area contributed by atoms with Gasteiger partial charge in [-0.1, -0.05) is 78.9 Å². The topological polar surface area (TPSA) is 44.2 Å². The predicted octanol–water partition coefficient (Wildman–Crippen LogP) is 5.86. The number of benzene rings is 3. The van der Waals surface area contributed by atoms with Crippen LogP contribution in [0.2, 0.25) is 0 Å². The molecular weight excluding hydrogens is 440 g/mol. The molecule has 0 amide bonds. The maximum absolute atomic E-state index is 13.5. The predicted molar refractivity (Wildman–Crippen MR) is 139 cm³/mol. The van der Waals surface area contributed by atoms with E-state index in [0.717, 1.165) is 27.4 Å². The highest BCUT2D eigenvalue weighted by Gasteiger charge is 2.19. The molecule has 0 aliphatic heterocycles. The average molecular weight is 467 g/mol. The fraction of sp³-hybridized carbons (Fsp3) is 0.143. The van der Waals surface area contributed by atoms with E-state index in [-0.39, 0.29) is 11.6 Å². The molecule has 0 saturated carbocycles. The van der Waals surface area contributed by atoms with Crippen molar-refractivity contribution in [3.63, 3.8) is 0 Å². The van der Waals surface area contributed by atoms with E-state index in [4.69, 9.17) is 4.99 Å². The van der Waals surface area contributed by atoms with Crippen molar-refractivity contribution in [1.82, 2.24) is 13.9 Å². The first kappa shape index (κ1) is 21.9. The lowest BCUT2D eigenvalue weighted by molar-refractivity contribution is 0.628. The summed E-state index contributed by atoms with van der Waals surface area (Å²) in [6, 6.07) is 30.4. The van der Waals surface area contributed by atoms with Gasteiger partial charge in [-0.15, -0.1) is 11.3 Å². The first-order valence-electron chi connectivity index (χ1n) is 11.3. The Labute approximate surface area is 202 Å². The molecule has 0 radical (unpaired) electrons. The molecule has 0 aliphatic rings. The van der Waals surface area contributed by atoms with Crippen LogP contribution in [0.1, 0.15) is 24.2 Å². The number of aromatic nitrogens is 3. The molecule has 5 aromatic rings. The second-order valence-corrected chi connectivity index (χ2v) is 9.08. The third kappa shape index (κ3) is 3.86. The molecule has 1 unspecified atom stereocenters. The molecule has 6 heteroatoms. The van der Waals surface area contributed by atoms with Crippen LogP contribution in [0.4, 0.5) is 5.69 Å². The van der Waals surface area contributed by atoms with Crippen molar-refractivity contribution in [2.24, 2.45) is 12.0 Å². The van der Waals surface area contributed by atoms with Crippen LogP contribution in [-0.4, -0.2) is 13.9 Å². The van der Waals surface area contributed by atoms with Crippen LogP contribution in [-0.2, 0) is 7.05 Å². The zero-order chi connectivity index (χ0) is 23.7. The quantitative estimate of drug-likeness (QED) is 0.320. The molecule has 0 fully saturated rings. The van der Waals surface area contributed by atoms with Gasteiger partial charge < -0.3 is 4.57 Å². The van der Waals surface area contributed by atoms with Gasteiger partial charge in [0.1, 0.15) is 0 Å². The van der Waals surface area contributed by atoms with E-state index in [2.05, 4.69) is 53.3 Å². The third-order valence-electron chi connectivity index (χ3n) is 6.21. The average Bonchev–Trinajstić information content (AvgIpc) is 3.40. The number of thiazole rings is 1. The van der Waals surface area contributed by atoms with Crippen LogP contribution in [0.15, 0.2) is 106 Å². The van der Waals surface area contributed by atoms with Crippen molar-refractivity contribution in [2.75, 3.05) is 0 Å². The van der Waals surface area contributed by atoms with Crippen molar-refractivity contribution in [2.45, 2.75) is 19.9 Å². The highest BCUT2D eigenvalue weighted by atomic mass is 32.1. The minimum Gasteiger partial charge on any atom is -0.309 e. The van der Waals surface area contributed by atoms with Crippen molar-refractivity contribution in [3.05, 3.63) is 123 Å². The molecule has 0 spiro atoms. The first-order valence-corrected chi connectivity index (χ1v) is 12.1. The number of hydrogen-bond acceptors (Lipinski definition) is 3. The van der Waals surface area contributed by atoms with Crippen molar-refractivity contribution in [3.8, 4) is 16.9 Å². The van der Waals surface area contributed by atoms with Gasteiger partial charge in [0.25, 0.3) is 5.56 Å². The summed E-state index contributed by atoms with van der Waals surface area (Å²) in [5.74, 6) is 0. The maximum Gasteiger partial charge on any atom is 0.297 e. The van der Waals surface area contributed by atoms with Gasteiger partial charge in [0.2, 0.25) is 0 Å². The smallest absolute Gasteiger partial charge is 0.297 e. The zero-order valence-electron chi connectivity index (χ0n) is 19.4. The summed E-state index contributed by atoms with van der Waals surface area (Å²) in [6.07, 6.45) is 0. The Morgan fingerprint density at radius 2 is 1.44 bits per heavy atom. The van der Waals surface area contributed by atoms with Crippen molar-refractivity contribution < 1.29 is 0 Å². The van der Waals surface area contributed by atoms with Crippen molar-refractivity contribution >= 4 is 17.0 Å². The van der Waals surface area contributed by atoms with Crippen LogP contribution in [0, 0.1) is 6.92 Å². The lowest BCUT2D eigenvalue weighted by Gasteiger charge is -2.18. The van der Waals surface area contributed by atoms with E-state index in [0.29, 0.717) is 5.69 Å². The molecular formula is C28H26N4OS. The summed E-state index contributed by atoms with van der Waals surface area (Å²) >= 11 is 1.56. The number of hydrogen-bond donors (Lipinski definition) is 0. The molecule has 5 nitrogen and oxygen atoms in total. The van der Waals surface area contributed by atoms with E-state index in [1.165, 1.54) is 5.56 Å². The Hall–Kier alpha value is -3.90. The summed E-state index contributed by atoms with van der Waals surface area (Å²) in [5.41, 5.74) is 5.36. The highest BCUT2D eigenvalue weighted by molar-refractivity contribution is 7.07. The van der Waals surface area contributed by atoms with Crippen LogP contribution >= 0.6 is 11.3 Å². The Morgan fingerprint density at radius 1 is 0.853 bits per heavy atom. The normalized spacial score (nSPS) is 12.7. The standard InChI is InChI=1S/C28H26N4OS/c1-20(22-13-7-4-8-14-22)31-25(23-15-9-5-10-16-23)19-34-28(31)29-26-21(2)30(3)32(27(26)33)24-17-11-6-12-18-24/h4-20H,1-3H3. The largest absolute Gasteiger partial charge is 0.309 e. The molecule has 1 atom stereocenters.